The number of alkyl halides is 3. The number of carbonyl (C=O) groups is 2. The number of carboxylic acids is 1. The van der Waals surface area contributed by atoms with Crippen molar-refractivity contribution in [2.45, 2.75) is 26.1 Å². The van der Waals surface area contributed by atoms with Gasteiger partial charge < -0.3 is 9.84 Å². The van der Waals surface area contributed by atoms with E-state index in [-0.39, 0.29) is 18.7 Å². The first-order valence-corrected chi connectivity index (χ1v) is 8.93. The minimum atomic E-state index is -4.64. The number of ether oxygens (including phenoxy) is 1. The Hall–Kier alpha value is -3.43. The van der Waals surface area contributed by atoms with Crippen molar-refractivity contribution in [1.82, 2.24) is 14.8 Å². The summed E-state index contributed by atoms with van der Waals surface area (Å²) < 4.78 is 45.4. The Labute approximate surface area is 169 Å². The molecule has 30 heavy (non-hydrogen) atoms. The number of ketones is 1. The Morgan fingerprint density at radius 1 is 1.27 bits per heavy atom. The highest BCUT2D eigenvalue weighted by Gasteiger charge is 2.33. The summed E-state index contributed by atoms with van der Waals surface area (Å²) in [5, 5.41) is 14.0. The van der Waals surface area contributed by atoms with Gasteiger partial charge in [0.25, 0.3) is 0 Å². The number of hydrogen-bond acceptors (Lipinski definition) is 5. The summed E-state index contributed by atoms with van der Waals surface area (Å²) in [6.07, 6.45) is -3.22. The lowest BCUT2D eigenvalue weighted by Crippen LogP contribution is -2.16. The van der Waals surface area contributed by atoms with Crippen molar-refractivity contribution in [1.29, 1.82) is 0 Å². The normalized spacial score (nSPS) is 12.7. The highest BCUT2D eigenvalue weighted by molar-refractivity contribution is 5.97. The number of methoxy groups -OCH3 is 1. The molecule has 0 aliphatic heterocycles. The molecule has 2 heterocycles. The van der Waals surface area contributed by atoms with Crippen LogP contribution >= 0.6 is 0 Å². The summed E-state index contributed by atoms with van der Waals surface area (Å²) >= 11 is 0. The number of carboxylic acid groups (broad SMARTS) is 1. The third kappa shape index (κ3) is 4.58. The molecule has 0 bridgehead atoms. The van der Waals surface area contributed by atoms with E-state index in [4.69, 9.17) is 9.84 Å². The first kappa shape index (κ1) is 21.3. The molecule has 10 heteroatoms. The number of pyridine rings is 1. The molecule has 0 aliphatic carbocycles. The number of benzene rings is 1. The number of fused-ring (bicyclic) bond motifs is 1. The molecule has 7 nitrogen and oxygen atoms in total. The van der Waals surface area contributed by atoms with Gasteiger partial charge in [-0.3, -0.25) is 14.3 Å². The maximum absolute atomic E-state index is 12.9. The van der Waals surface area contributed by atoms with E-state index in [1.807, 2.05) is 0 Å². The molecule has 1 atom stereocenters. The van der Waals surface area contributed by atoms with Gasteiger partial charge in [0.1, 0.15) is 17.1 Å². The molecule has 3 rings (SSSR count). The molecule has 1 N–H and O–H groups in total. The molecule has 0 aliphatic rings. The topological polar surface area (TPSA) is 94.3 Å². The monoisotopic (exact) mass is 421 g/mol. The Kier molecular flexibility index (Phi) is 5.77. The SMILES string of the molecule is COc1cc2nn(CC(C)C(=O)O)cc2cc1CC(=O)c1cccc(C(F)(F)F)n1. The van der Waals surface area contributed by atoms with Crippen LogP contribution in [0.1, 0.15) is 28.7 Å². The molecule has 1 unspecified atom stereocenters. The van der Waals surface area contributed by atoms with Crippen molar-refractivity contribution >= 4 is 22.7 Å². The highest BCUT2D eigenvalue weighted by atomic mass is 19.4. The average Bonchev–Trinajstić information content (AvgIpc) is 3.07. The predicted molar refractivity (Wildman–Crippen MR) is 100 cm³/mol. The van der Waals surface area contributed by atoms with Gasteiger partial charge in [-0.05, 0) is 18.2 Å². The average molecular weight is 421 g/mol. The van der Waals surface area contributed by atoms with Crippen LogP contribution in [0.2, 0.25) is 0 Å². The number of nitrogens with zero attached hydrogens (tertiary/aromatic N) is 3. The van der Waals surface area contributed by atoms with Gasteiger partial charge in [0.05, 0.1) is 25.1 Å². The minimum absolute atomic E-state index is 0.161. The van der Waals surface area contributed by atoms with Crippen LogP contribution in [0.3, 0.4) is 0 Å². The molecule has 3 aromatic rings. The van der Waals surface area contributed by atoms with Crippen LogP contribution in [0.25, 0.3) is 10.9 Å². The fourth-order valence-corrected chi connectivity index (χ4v) is 2.94. The van der Waals surface area contributed by atoms with Gasteiger partial charge in [0, 0.05) is 29.6 Å². The van der Waals surface area contributed by atoms with Crippen LogP contribution in [0.15, 0.2) is 36.5 Å². The lowest BCUT2D eigenvalue weighted by Gasteiger charge is -2.09. The van der Waals surface area contributed by atoms with Crippen molar-refractivity contribution in [3.05, 3.63) is 53.5 Å². The number of halogens is 3. The summed E-state index contributed by atoms with van der Waals surface area (Å²) in [5.41, 5.74) is -0.430. The second kappa shape index (κ2) is 8.13. The maximum Gasteiger partial charge on any atom is 0.433 e. The second-order valence-electron chi connectivity index (χ2n) is 6.82. The summed E-state index contributed by atoms with van der Waals surface area (Å²) in [4.78, 5) is 27.0. The molecule has 0 saturated heterocycles. The van der Waals surface area contributed by atoms with E-state index >= 15 is 0 Å². The molecule has 0 fully saturated rings. The first-order chi connectivity index (χ1) is 14.1. The quantitative estimate of drug-likeness (QED) is 0.586. The number of carbonyl (C=O) groups excluding carboxylic acids is 1. The van der Waals surface area contributed by atoms with Crippen molar-refractivity contribution in [2.24, 2.45) is 5.92 Å². The fourth-order valence-electron chi connectivity index (χ4n) is 2.94. The van der Waals surface area contributed by atoms with Crippen molar-refractivity contribution < 1.29 is 32.6 Å². The minimum Gasteiger partial charge on any atom is -0.496 e. The number of Topliss-reactive ketones (excluding diaryl/α,β-unsaturated/α-hetero) is 1. The molecule has 0 radical (unpaired) electrons. The number of aromatic nitrogens is 3. The summed E-state index contributed by atoms with van der Waals surface area (Å²) in [7, 11) is 1.40. The van der Waals surface area contributed by atoms with E-state index in [0.717, 1.165) is 12.1 Å². The van der Waals surface area contributed by atoms with Crippen LogP contribution in [0.4, 0.5) is 13.2 Å². The molecular formula is C20H18F3N3O4. The molecule has 2 aromatic heterocycles. The zero-order chi connectivity index (χ0) is 22.1. The Morgan fingerprint density at radius 2 is 2.00 bits per heavy atom. The van der Waals surface area contributed by atoms with E-state index in [2.05, 4.69) is 10.1 Å². The third-order valence-electron chi connectivity index (χ3n) is 4.51. The lowest BCUT2D eigenvalue weighted by atomic mass is 10.0. The smallest absolute Gasteiger partial charge is 0.433 e. The number of rotatable bonds is 7. The second-order valence-corrected chi connectivity index (χ2v) is 6.82. The van der Waals surface area contributed by atoms with Gasteiger partial charge in [0.15, 0.2) is 5.78 Å². The number of aliphatic carboxylic acids is 1. The van der Waals surface area contributed by atoms with E-state index in [1.165, 1.54) is 17.9 Å². The highest BCUT2D eigenvalue weighted by Crippen LogP contribution is 2.29. The molecule has 0 spiro atoms. The first-order valence-electron chi connectivity index (χ1n) is 8.93. The van der Waals surface area contributed by atoms with Crippen LogP contribution in [-0.4, -0.2) is 38.7 Å². The lowest BCUT2D eigenvalue weighted by molar-refractivity contribution is -0.142. The summed E-state index contributed by atoms with van der Waals surface area (Å²) in [5.74, 6) is -1.84. The van der Waals surface area contributed by atoms with Gasteiger partial charge in [-0.25, -0.2) is 4.98 Å². The van der Waals surface area contributed by atoms with Crippen molar-refractivity contribution in [3.8, 4) is 5.75 Å². The van der Waals surface area contributed by atoms with E-state index in [0.29, 0.717) is 22.2 Å². The number of hydrogen-bond donors (Lipinski definition) is 1. The zero-order valence-electron chi connectivity index (χ0n) is 16.1. The van der Waals surface area contributed by atoms with E-state index < -0.39 is 29.5 Å². The van der Waals surface area contributed by atoms with Gasteiger partial charge in [-0.15, -0.1) is 0 Å². The largest absolute Gasteiger partial charge is 0.496 e. The summed E-state index contributed by atoms with van der Waals surface area (Å²) in [6.45, 7) is 1.72. The third-order valence-corrected chi connectivity index (χ3v) is 4.51. The van der Waals surface area contributed by atoms with Crippen LogP contribution < -0.4 is 4.74 Å². The fraction of sp³-hybridized carbons (Fsp3) is 0.300. The van der Waals surface area contributed by atoms with Crippen molar-refractivity contribution in [2.75, 3.05) is 7.11 Å². The maximum atomic E-state index is 12.9. The van der Waals surface area contributed by atoms with E-state index in [9.17, 15) is 22.8 Å². The molecule has 0 amide bonds. The molecule has 158 valence electrons. The zero-order valence-corrected chi connectivity index (χ0v) is 16.1. The van der Waals surface area contributed by atoms with Crippen LogP contribution in [0, 0.1) is 5.92 Å². The van der Waals surface area contributed by atoms with Crippen molar-refractivity contribution in [3.63, 3.8) is 0 Å². The van der Waals surface area contributed by atoms with Gasteiger partial charge in [-0.1, -0.05) is 13.0 Å². The molecule has 0 saturated carbocycles. The van der Waals surface area contributed by atoms with Crippen LogP contribution in [0.5, 0.6) is 5.75 Å². The Morgan fingerprint density at radius 3 is 2.63 bits per heavy atom. The molecule has 1 aromatic carbocycles. The van der Waals surface area contributed by atoms with Gasteiger partial charge >= 0.3 is 12.1 Å². The predicted octanol–water partition coefficient (Wildman–Crippen LogP) is 3.60. The van der Waals surface area contributed by atoms with Crippen LogP contribution in [-0.2, 0) is 23.9 Å². The van der Waals surface area contributed by atoms with Gasteiger partial charge in [0.2, 0.25) is 0 Å². The molecular weight excluding hydrogens is 403 g/mol. The summed E-state index contributed by atoms with van der Waals surface area (Å²) in [6, 6.07) is 6.41. The Balaban J connectivity index is 1.89. The van der Waals surface area contributed by atoms with E-state index in [1.54, 1.807) is 25.3 Å². The van der Waals surface area contributed by atoms with Gasteiger partial charge in [-0.2, -0.15) is 18.3 Å². The Bertz CT molecular complexity index is 1110. The standard InChI is InChI=1S/C20H18F3N3O4/c1-11(19(28)29)9-26-10-13-6-12(17(30-2)8-15(13)25-26)7-16(27)14-4-3-5-18(24-14)20(21,22)23/h3-6,8,10-11H,7,9H2,1-2H3,(H,28,29).